The Kier molecular flexibility index (Phi) is 4.40. The van der Waals surface area contributed by atoms with Crippen molar-refractivity contribution >= 4 is 0 Å². The summed E-state index contributed by atoms with van der Waals surface area (Å²) < 4.78 is 19.6. The van der Waals surface area contributed by atoms with Crippen LogP contribution in [0.1, 0.15) is 16.7 Å². The van der Waals surface area contributed by atoms with E-state index in [2.05, 4.69) is 5.32 Å². The van der Waals surface area contributed by atoms with E-state index >= 15 is 0 Å². The minimum atomic E-state index is -0.189. The lowest BCUT2D eigenvalue weighted by Gasteiger charge is -2.13. The monoisotopic (exact) mass is 273 g/mol. The third kappa shape index (κ3) is 2.83. The zero-order chi connectivity index (χ0) is 14.7. The number of methoxy groups -OCH3 is 1. The standard InChI is InChI=1S/C17H20FNO/c1-11-8-17(20-4)12(2)7-15(11)14-6-5-13(10-19-3)9-16(14)18/h5-9,19H,10H2,1-4H3. The van der Waals surface area contributed by atoms with Crippen LogP contribution in [0, 0.1) is 19.7 Å². The first-order valence-corrected chi connectivity index (χ1v) is 6.65. The van der Waals surface area contributed by atoms with Gasteiger partial charge in [-0.05, 0) is 61.3 Å². The van der Waals surface area contributed by atoms with Crippen molar-refractivity contribution in [1.82, 2.24) is 5.32 Å². The highest BCUT2D eigenvalue weighted by Crippen LogP contribution is 2.31. The van der Waals surface area contributed by atoms with E-state index in [9.17, 15) is 4.39 Å². The SMILES string of the molecule is CNCc1ccc(-c2cc(C)c(OC)cc2C)c(F)c1. The minimum absolute atomic E-state index is 0.189. The van der Waals surface area contributed by atoms with Crippen LogP contribution in [0.25, 0.3) is 11.1 Å². The second kappa shape index (κ2) is 6.06. The van der Waals surface area contributed by atoms with Gasteiger partial charge in [0.15, 0.2) is 0 Å². The molecule has 0 atom stereocenters. The van der Waals surface area contributed by atoms with E-state index in [-0.39, 0.29) is 5.82 Å². The first-order chi connectivity index (χ1) is 9.56. The number of nitrogens with one attached hydrogen (secondary N) is 1. The maximum Gasteiger partial charge on any atom is 0.131 e. The number of halogens is 1. The van der Waals surface area contributed by atoms with Crippen LogP contribution < -0.4 is 10.1 Å². The number of benzene rings is 2. The van der Waals surface area contributed by atoms with E-state index in [0.717, 1.165) is 28.0 Å². The quantitative estimate of drug-likeness (QED) is 0.914. The average molecular weight is 273 g/mol. The summed E-state index contributed by atoms with van der Waals surface area (Å²) in [6, 6.07) is 9.31. The van der Waals surface area contributed by atoms with Crippen molar-refractivity contribution in [3.63, 3.8) is 0 Å². The molecular formula is C17H20FNO. The highest BCUT2D eigenvalue weighted by Gasteiger charge is 2.11. The highest BCUT2D eigenvalue weighted by molar-refractivity contribution is 5.70. The fraction of sp³-hybridized carbons (Fsp3) is 0.294. The van der Waals surface area contributed by atoms with Gasteiger partial charge in [0.2, 0.25) is 0 Å². The molecule has 1 N–H and O–H groups in total. The van der Waals surface area contributed by atoms with Crippen molar-refractivity contribution in [3.8, 4) is 16.9 Å². The lowest BCUT2D eigenvalue weighted by Crippen LogP contribution is -2.05. The summed E-state index contributed by atoms with van der Waals surface area (Å²) in [7, 11) is 3.50. The fourth-order valence-electron chi connectivity index (χ4n) is 2.39. The van der Waals surface area contributed by atoms with E-state index in [4.69, 9.17) is 4.74 Å². The third-order valence-electron chi connectivity index (χ3n) is 3.45. The molecule has 3 heteroatoms. The van der Waals surface area contributed by atoms with Crippen LogP contribution in [-0.2, 0) is 6.54 Å². The molecule has 106 valence electrons. The van der Waals surface area contributed by atoms with E-state index in [1.165, 1.54) is 0 Å². The van der Waals surface area contributed by atoms with Gasteiger partial charge in [0.1, 0.15) is 11.6 Å². The van der Waals surface area contributed by atoms with Crippen LogP contribution in [-0.4, -0.2) is 14.2 Å². The molecule has 0 bridgehead atoms. The first kappa shape index (κ1) is 14.5. The van der Waals surface area contributed by atoms with Crippen molar-refractivity contribution in [1.29, 1.82) is 0 Å². The number of aryl methyl sites for hydroxylation is 2. The number of rotatable bonds is 4. The summed E-state index contributed by atoms with van der Waals surface area (Å²) in [5.41, 5.74) is 4.50. The molecule has 0 aliphatic heterocycles. The van der Waals surface area contributed by atoms with Gasteiger partial charge in [0.05, 0.1) is 7.11 Å². The van der Waals surface area contributed by atoms with Crippen LogP contribution >= 0.6 is 0 Å². The van der Waals surface area contributed by atoms with Crippen molar-refractivity contribution in [2.45, 2.75) is 20.4 Å². The Balaban J connectivity index is 2.49. The number of ether oxygens (including phenoxy) is 1. The lowest BCUT2D eigenvalue weighted by atomic mass is 9.96. The van der Waals surface area contributed by atoms with Gasteiger partial charge < -0.3 is 10.1 Å². The van der Waals surface area contributed by atoms with Crippen molar-refractivity contribution in [2.24, 2.45) is 0 Å². The van der Waals surface area contributed by atoms with Gasteiger partial charge in [0.25, 0.3) is 0 Å². The van der Waals surface area contributed by atoms with Gasteiger partial charge in [-0.3, -0.25) is 0 Å². The Morgan fingerprint density at radius 2 is 1.80 bits per heavy atom. The topological polar surface area (TPSA) is 21.3 Å². The van der Waals surface area contributed by atoms with Crippen LogP contribution in [0.5, 0.6) is 5.75 Å². The van der Waals surface area contributed by atoms with Crippen molar-refractivity contribution in [2.75, 3.05) is 14.2 Å². The Labute approximate surface area is 119 Å². The molecule has 0 saturated heterocycles. The second-order valence-corrected chi connectivity index (χ2v) is 4.98. The molecule has 2 aromatic carbocycles. The molecule has 2 rings (SSSR count). The van der Waals surface area contributed by atoms with E-state index in [1.807, 2.05) is 45.2 Å². The normalized spacial score (nSPS) is 10.7. The van der Waals surface area contributed by atoms with E-state index in [0.29, 0.717) is 12.1 Å². The Morgan fingerprint density at radius 3 is 2.40 bits per heavy atom. The molecular weight excluding hydrogens is 253 g/mol. The zero-order valence-electron chi connectivity index (χ0n) is 12.4. The van der Waals surface area contributed by atoms with Crippen molar-refractivity contribution < 1.29 is 9.13 Å². The minimum Gasteiger partial charge on any atom is -0.496 e. The molecule has 0 aliphatic rings. The third-order valence-corrected chi connectivity index (χ3v) is 3.45. The van der Waals surface area contributed by atoms with Gasteiger partial charge >= 0.3 is 0 Å². The molecule has 20 heavy (non-hydrogen) atoms. The molecule has 0 aromatic heterocycles. The smallest absolute Gasteiger partial charge is 0.131 e. The molecule has 0 amide bonds. The zero-order valence-corrected chi connectivity index (χ0v) is 12.4. The van der Waals surface area contributed by atoms with Gasteiger partial charge in [0, 0.05) is 12.1 Å². The van der Waals surface area contributed by atoms with Gasteiger partial charge in [-0.2, -0.15) is 0 Å². The average Bonchev–Trinajstić information content (AvgIpc) is 2.42. The van der Waals surface area contributed by atoms with E-state index in [1.54, 1.807) is 13.2 Å². The maximum atomic E-state index is 14.3. The second-order valence-electron chi connectivity index (χ2n) is 4.98. The Hall–Kier alpha value is -1.87. The molecule has 0 saturated carbocycles. The molecule has 0 aliphatic carbocycles. The summed E-state index contributed by atoms with van der Waals surface area (Å²) in [5, 5.41) is 3.02. The highest BCUT2D eigenvalue weighted by atomic mass is 19.1. The molecule has 2 nitrogen and oxygen atoms in total. The van der Waals surface area contributed by atoms with Gasteiger partial charge in [-0.25, -0.2) is 4.39 Å². The lowest BCUT2D eigenvalue weighted by molar-refractivity contribution is 0.411. The Morgan fingerprint density at radius 1 is 1.05 bits per heavy atom. The molecule has 0 fully saturated rings. The van der Waals surface area contributed by atoms with Crippen LogP contribution in [0.3, 0.4) is 0 Å². The Bertz CT molecular complexity index is 623. The summed E-state index contributed by atoms with van der Waals surface area (Å²) in [5.74, 6) is 0.642. The van der Waals surface area contributed by atoms with E-state index < -0.39 is 0 Å². The van der Waals surface area contributed by atoms with Crippen LogP contribution in [0.15, 0.2) is 30.3 Å². The molecule has 0 unspecified atom stereocenters. The first-order valence-electron chi connectivity index (χ1n) is 6.65. The number of hydrogen-bond donors (Lipinski definition) is 1. The number of hydrogen-bond acceptors (Lipinski definition) is 2. The van der Waals surface area contributed by atoms with Crippen LogP contribution in [0.4, 0.5) is 4.39 Å². The maximum absolute atomic E-state index is 14.3. The summed E-state index contributed by atoms with van der Waals surface area (Å²) in [4.78, 5) is 0. The van der Waals surface area contributed by atoms with Gasteiger partial charge in [-0.15, -0.1) is 0 Å². The molecule has 0 heterocycles. The molecule has 0 spiro atoms. The van der Waals surface area contributed by atoms with Crippen molar-refractivity contribution in [3.05, 3.63) is 52.8 Å². The summed E-state index contributed by atoms with van der Waals surface area (Å²) in [6.07, 6.45) is 0. The summed E-state index contributed by atoms with van der Waals surface area (Å²) >= 11 is 0. The predicted octanol–water partition coefficient (Wildman–Crippen LogP) is 3.84. The predicted molar refractivity (Wildman–Crippen MR) is 80.6 cm³/mol. The largest absolute Gasteiger partial charge is 0.496 e. The van der Waals surface area contributed by atoms with Crippen LogP contribution in [0.2, 0.25) is 0 Å². The fourth-order valence-corrected chi connectivity index (χ4v) is 2.39. The molecule has 2 aromatic rings. The molecule has 0 radical (unpaired) electrons. The van der Waals surface area contributed by atoms with Gasteiger partial charge in [-0.1, -0.05) is 12.1 Å². The summed E-state index contributed by atoms with van der Waals surface area (Å²) in [6.45, 7) is 4.60.